The van der Waals surface area contributed by atoms with Crippen LogP contribution in [0.3, 0.4) is 0 Å². The first-order valence-electron chi connectivity index (χ1n) is 4.66. The van der Waals surface area contributed by atoms with Crippen molar-refractivity contribution in [3.63, 3.8) is 0 Å². The molecule has 0 aromatic carbocycles. The largest absolute Gasteiger partial charge is 0.388 e. The SMILES string of the molecule is CNC1=C(C=O)C(NC)(NC)CC=C1. The van der Waals surface area contributed by atoms with Crippen molar-refractivity contribution in [3.05, 3.63) is 23.4 Å². The molecule has 78 valence electrons. The lowest BCUT2D eigenvalue weighted by molar-refractivity contribution is -0.105. The molecule has 0 radical (unpaired) electrons. The Bertz CT molecular complexity index is 277. The van der Waals surface area contributed by atoms with Crippen molar-refractivity contribution < 1.29 is 4.79 Å². The topological polar surface area (TPSA) is 53.2 Å². The number of hydrogen-bond donors (Lipinski definition) is 3. The van der Waals surface area contributed by atoms with Crippen LogP contribution in [-0.2, 0) is 4.79 Å². The van der Waals surface area contributed by atoms with Crippen LogP contribution in [0.1, 0.15) is 6.42 Å². The van der Waals surface area contributed by atoms with E-state index in [-0.39, 0.29) is 0 Å². The van der Waals surface area contributed by atoms with Crippen molar-refractivity contribution in [2.24, 2.45) is 0 Å². The molecule has 0 aliphatic heterocycles. The molecule has 0 heterocycles. The molecule has 1 rings (SSSR count). The molecule has 0 aromatic heterocycles. The quantitative estimate of drug-likeness (QED) is 0.428. The monoisotopic (exact) mass is 195 g/mol. The van der Waals surface area contributed by atoms with Gasteiger partial charge in [0.15, 0.2) is 6.29 Å². The molecule has 0 amide bonds. The van der Waals surface area contributed by atoms with E-state index in [0.717, 1.165) is 18.4 Å². The van der Waals surface area contributed by atoms with E-state index >= 15 is 0 Å². The van der Waals surface area contributed by atoms with Gasteiger partial charge in [-0.2, -0.15) is 0 Å². The molecule has 4 heteroatoms. The highest BCUT2D eigenvalue weighted by Gasteiger charge is 2.33. The molecule has 0 saturated heterocycles. The normalized spacial score (nSPS) is 19.6. The van der Waals surface area contributed by atoms with Crippen LogP contribution in [0.25, 0.3) is 0 Å². The number of allylic oxidation sites excluding steroid dienone is 1. The maximum atomic E-state index is 11.1. The summed E-state index contributed by atoms with van der Waals surface area (Å²) >= 11 is 0. The molecular formula is C10H17N3O. The van der Waals surface area contributed by atoms with Crippen molar-refractivity contribution in [1.82, 2.24) is 16.0 Å². The van der Waals surface area contributed by atoms with Crippen molar-refractivity contribution in [1.29, 1.82) is 0 Å². The van der Waals surface area contributed by atoms with Gasteiger partial charge in [0.2, 0.25) is 0 Å². The van der Waals surface area contributed by atoms with Crippen LogP contribution in [0.4, 0.5) is 0 Å². The minimum Gasteiger partial charge on any atom is -0.388 e. The summed E-state index contributed by atoms with van der Waals surface area (Å²) in [5.41, 5.74) is 1.14. The maximum Gasteiger partial charge on any atom is 0.151 e. The van der Waals surface area contributed by atoms with E-state index < -0.39 is 5.66 Å². The van der Waals surface area contributed by atoms with Gasteiger partial charge in [0.1, 0.15) is 5.66 Å². The summed E-state index contributed by atoms with van der Waals surface area (Å²) < 4.78 is 0. The Balaban J connectivity index is 3.16. The van der Waals surface area contributed by atoms with E-state index in [0.29, 0.717) is 5.57 Å². The van der Waals surface area contributed by atoms with Crippen LogP contribution in [0.15, 0.2) is 23.4 Å². The Morgan fingerprint density at radius 1 is 1.36 bits per heavy atom. The number of aldehydes is 1. The third-order valence-corrected chi connectivity index (χ3v) is 2.70. The molecule has 0 unspecified atom stereocenters. The van der Waals surface area contributed by atoms with E-state index in [9.17, 15) is 4.79 Å². The zero-order valence-electron chi connectivity index (χ0n) is 8.85. The highest BCUT2D eigenvalue weighted by molar-refractivity contribution is 5.79. The van der Waals surface area contributed by atoms with Gasteiger partial charge >= 0.3 is 0 Å². The average Bonchev–Trinajstić information content (AvgIpc) is 2.27. The van der Waals surface area contributed by atoms with Crippen molar-refractivity contribution >= 4 is 6.29 Å². The average molecular weight is 195 g/mol. The Kier molecular flexibility index (Phi) is 3.43. The number of hydrogen-bond acceptors (Lipinski definition) is 4. The summed E-state index contributed by atoms with van der Waals surface area (Å²) in [5.74, 6) is 0. The standard InChI is InChI=1S/C10H17N3O/c1-11-9-5-4-6-10(12-2,13-3)8(9)7-14/h4-5,7,11-13H,6H2,1-3H3. The molecule has 0 atom stereocenters. The van der Waals surface area contributed by atoms with Gasteiger partial charge < -0.3 is 5.32 Å². The van der Waals surface area contributed by atoms with Gasteiger partial charge in [-0.05, 0) is 20.2 Å². The molecule has 0 fully saturated rings. The lowest BCUT2D eigenvalue weighted by Crippen LogP contribution is -2.57. The number of carbonyl (C=O) groups excluding carboxylic acids is 1. The third-order valence-electron chi connectivity index (χ3n) is 2.70. The smallest absolute Gasteiger partial charge is 0.151 e. The predicted molar refractivity (Wildman–Crippen MR) is 56.8 cm³/mol. The van der Waals surface area contributed by atoms with Crippen LogP contribution in [0.5, 0.6) is 0 Å². The molecule has 0 aromatic rings. The number of rotatable bonds is 4. The highest BCUT2D eigenvalue weighted by atomic mass is 16.1. The van der Waals surface area contributed by atoms with Gasteiger partial charge in [-0.3, -0.25) is 15.4 Å². The minimum atomic E-state index is -0.436. The van der Waals surface area contributed by atoms with Crippen LogP contribution in [0.2, 0.25) is 0 Å². The highest BCUT2D eigenvalue weighted by Crippen LogP contribution is 2.23. The van der Waals surface area contributed by atoms with Crippen molar-refractivity contribution in [2.45, 2.75) is 12.1 Å². The predicted octanol–water partition coefficient (Wildman–Crippen LogP) is -0.246. The van der Waals surface area contributed by atoms with Crippen molar-refractivity contribution in [2.75, 3.05) is 21.1 Å². The van der Waals surface area contributed by atoms with E-state index in [1.165, 1.54) is 0 Å². The number of nitrogens with one attached hydrogen (secondary N) is 3. The zero-order valence-corrected chi connectivity index (χ0v) is 8.85. The Hall–Kier alpha value is -1.13. The van der Waals surface area contributed by atoms with Crippen LogP contribution in [0, 0.1) is 0 Å². The first kappa shape index (κ1) is 10.9. The Morgan fingerprint density at radius 2 is 2.00 bits per heavy atom. The van der Waals surface area contributed by atoms with Crippen LogP contribution < -0.4 is 16.0 Å². The fourth-order valence-corrected chi connectivity index (χ4v) is 1.76. The summed E-state index contributed by atoms with van der Waals surface area (Å²) in [5, 5.41) is 9.29. The van der Waals surface area contributed by atoms with Gasteiger partial charge in [0.05, 0.1) is 0 Å². The molecule has 0 spiro atoms. The summed E-state index contributed by atoms with van der Waals surface area (Å²) in [4.78, 5) is 11.1. The fraction of sp³-hybridized carbons (Fsp3) is 0.500. The van der Waals surface area contributed by atoms with E-state index in [1.807, 2.05) is 33.3 Å². The van der Waals surface area contributed by atoms with Gasteiger partial charge in [-0.25, -0.2) is 0 Å². The first-order chi connectivity index (χ1) is 6.74. The molecule has 3 N–H and O–H groups in total. The number of carbonyl (C=O) groups is 1. The fourth-order valence-electron chi connectivity index (χ4n) is 1.76. The second-order valence-electron chi connectivity index (χ2n) is 3.21. The Morgan fingerprint density at radius 3 is 2.43 bits per heavy atom. The molecule has 14 heavy (non-hydrogen) atoms. The molecule has 0 bridgehead atoms. The Labute approximate surface area is 84.4 Å². The second-order valence-corrected chi connectivity index (χ2v) is 3.21. The number of likely N-dealkylation sites (N-methyl/N-ethyl adjacent to an activating group) is 3. The third kappa shape index (κ3) is 1.58. The summed E-state index contributed by atoms with van der Waals surface area (Å²) in [6.45, 7) is 0. The second kappa shape index (κ2) is 4.39. The van der Waals surface area contributed by atoms with E-state index in [2.05, 4.69) is 16.0 Å². The van der Waals surface area contributed by atoms with Gasteiger partial charge in [0.25, 0.3) is 0 Å². The molecule has 4 nitrogen and oxygen atoms in total. The molecular weight excluding hydrogens is 178 g/mol. The maximum absolute atomic E-state index is 11.1. The summed E-state index contributed by atoms with van der Waals surface area (Å²) in [7, 11) is 5.49. The minimum absolute atomic E-state index is 0.436. The van der Waals surface area contributed by atoms with Gasteiger partial charge in [-0.1, -0.05) is 6.08 Å². The lowest BCUT2D eigenvalue weighted by atomic mass is 9.90. The van der Waals surface area contributed by atoms with Gasteiger partial charge in [0, 0.05) is 24.7 Å². The van der Waals surface area contributed by atoms with Gasteiger partial charge in [-0.15, -0.1) is 0 Å². The van der Waals surface area contributed by atoms with E-state index in [4.69, 9.17) is 0 Å². The molecule has 1 aliphatic carbocycles. The van der Waals surface area contributed by atoms with Crippen LogP contribution >= 0.6 is 0 Å². The summed E-state index contributed by atoms with van der Waals surface area (Å²) in [6.07, 6.45) is 5.62. The van der Waals surface area contributed by atoms with Crippen LogP contribution in [-0.4, -0.2) is 33.1 Å². The zero-order chi connectivity index (χ0) is 10.6. The first-order valence-corrected chi connectivity index (χ1v) is 4.66. The molecule has 0 saturated carbocycles. The summed E-state index contributed by atoms with van der Waals surface area (Å²) in [6, 6.07) is 0. The lowest BCUT2D eigenvalue weighted by Gasteiger charge is -2.36. The van der Waals surface area contributed by atoms with Crippen molar-refractivity contribution in [3.8, 4) is 0 Å². The van der Waals surface area contributed by atoms with E-state index in [1.54, 1.807) is 0 Å². The molecule has 1 aliphatic rings.